The molecule has 0 saturated carbocycles. The molecule has 0 aliphatic carbocycles. The number of hydrogen-bond acceptors (Lipinski definition) is 5. The average molecular weight is 278 g/mol. The molecular weight excluding hydrogens is 256 g/mol. The molecule has 0 bridgehead atoms. The van der Waals surface area contributed by atoms with Crippen LogP contribution in [0.4, 0.5) is 5.82 Å². The molecule has 2 heterocycles. The molecule has 1 fully saturated rings. The summed E-state index contributed by atoms with van der Waals surface area (Å²) in [4.78, 5) is 12.1. The van der Waals surface area contributed by atoms with Crippen molar-refractivity contribution < 1.29 is 9.53 Å². The van der Waals surface area contributed by atoms with Crippen LogP contribution < -0.4 is 10.6 Å². The monoisotopic (exact) mass is 278 g/mol. The van der Waals surface area contributed by atoms with Crippen molar-refractivity contribution in [2.24, 2.45) is 0 Å². The van der Waals surface area contributed by atoms with Crippen molar-refractivity contribution in [3.8, 4) is 0 Å². The van der Waals surface area contributed by atoms with Crippen molar-refractivity contribution in [1.29, 1.82) is 0 Å². The van der Waals surface area contributed by atoms with Gasteiger partial charge in [0, 0.05) is 19.2 Å². The number of amides is 1. The number of ether oxygens (including phenoxy) is 1. The van der Waals surface area contributed by atoms with E-state index in [2.05, 4.69) is 20.8 Å². The molecule has 6 nitrogen and oxygen atoms in total. The Morgan fingerprint density at radius 3 is 2.85 bits per heavy atom. The summed E-state index contributed by atoms with van der Waals surface area (Å²) in [5, 5.41) is 14.0. The third kappa shape index (κ3) is 3.90. The molecule has 1 aromatic heterocycles. The Morgan fingerprint density at radius 2 is 2.25 bits per heavy atom. The summed E-state index contributed by atoms with van der Waals surface area (Å²) in [5.41, 5.74) is 0.160. The number of nitrogens with one attached hydrogen (secondary N) is 2. The van der Waals surface area contributed by atoms with Crippen LogP contribution in [0.2, 0.25) is 0 Å². The highest BCUT2D eigenvalue weighted by Crippen LogP contribution is 2.24. The van der Waals surface area contributed by atoms with E-state index in [1.165, 1.54) is 0 Å². The van der Waals surface area contributed by atoms with Gasteiger partial charge in [0.25, 0.3) is 5.91 Å². The second kappa shape index (κ2) is 6.17. The van der Waals surface area contributed by atoms with Crippen LogP contribution in [0, 0.1) is 0 Å². The van der Waals surface area contributed by atoms with Gasteiger partial charge in [-0.05, 0) is 45.7 Å². The Labute approximate surface area is 119 Å². The Kier molecular flexibility index (Phi) is 4.54. The number of aromatic nitrogens is 2. The van der Waals surface area contributed by atoms with Gasteiger partial charge in [-0.2, -0.15) is 0 Å². The van der Waals surface area contributed by atoms with Gasteiger partial charge in [-0.1, -0.05) is 0 Å². The molecular formula is C14H22N4O2. The van der Waals surface area contributed by atoms with Crippen LogP contribution in [0.25, 0.3) is 0 Å². The Morgan fingerprint density at radius 1 is 1.45 bits per heavy atom. The molecule has 20 heavy (non-hydrogen) atoms. The smallest absolute Gasteiger partial charge is 0.272 e. The topological polar surface area (TPSA) is 76.1 Å². The highest BCUT2D eigenvalue weighted by molar-refractivity contribution is 5.92. The van der Waals surface area contributed by atoms with Crippen molar-refractivity contribution in [3.05, 3.63) is 17.8 Å². The predicted molar refractivity (Wildman–Crippen MR) is 76.7 cm³/mol. The van der Waals surface area contributed by atoms with Crippen LogP contribution >= 0.6 is 0 Å². The van der Waals surface area contributed by atoms with E-state index < -0.39 is 0 Å². The normalized spacial score (nSPS) is 21.2. The van der Waals surface area contributed by atoms with Crippen molar-refractivity contribution in [3.63, 3.8) is 0 Å². The first-order chi connectivity index (χ1) is 9.50. The van der Waals surface area contributed by atoms with Crippen LogP contribution in [0.1, 0.15) is 44.1 Å². The molecule has 2 rings (SSSR count). The first-order valence-electron chi connectivity index (χ1n) is 7.02. The predicted octanol–water partition coefficient (Wildman–Crippen LogP) is 1.60. The summed E-state index contributed by atoms with van der Waals surface area (Å²) in [6.45, 7) is 7.50. The summed E-state index contributed by atoms with van der Waals surface area (Å²) in [5.74, 6) is 0.500. The van der Waals surface area contributed by atoms with Gasteiger partial charge in [0.1, 0.15) is 5.82 Å². The Hall–Kier alpha value is -1.69. The second-order valence-electron chi connectivity index (χ2n) is 5.61. The lowest BCUT2D eigenvalue weighted by atomic mass is 9.94. The van der Waals surface area contributed by atoms with Gasteiger partial charge in [-0.25, -0.2) is 0 Å². The van der Waals surface area contributed by atoms with Gasteiger partial charge in [-0.3, -0.25) is 4.79 Å². The third-order valence-corrected chi connectivity index (χ3v) is 3.29. The standard InChI is InChI=1S/C14H22N4O2/c1-4-15-12-6-5-11(17-18-12)13(19)16-10-7-8-20-14(2,3)9-10/h5-6,10H,4,7-9H2,1-3H3,(H,15,18)(H,16,19). The van der Waals surface area contributed by atoms with Crippen LogP contribution in [0.5, 0.6) is 0 Å². The molecule has 6 heteroatoms. The van der Waals surface area contributed by atoms with E-state index in [9.17, 15) is 4.79 Å². The van der Waals surface area contributed by atoms with Crippen molar-refractivity contribution >= 4 is 11.7 Å². The molecule has 1 atom stereocenters. The fourth-order valence-electron chi connectivity index (χ4n) is 2.34. The molecule has 110 valence electrons. The molecule has 1 saturated heterocycles. The maximum atomic E-state index is 12.1. The summed E-state index contributed by atoms with van der Waals surface area (Å²) in [6, 6.07) is 3.57. The molecule has 0 spiro atoms. The fraction of sp³-hybridized carbons (Fsp3) is 0.643. The van der Waals surface area contributed by atoms with Crippen LogP contribution in [0.3, 0.4) is 0 Å². The third-order valence-electron chi connectivity index (χ3n) is 3.29. The molecule has 2 N–H and O–H groups in total. The van der Waals surface area contributed by atoms with E-state index in [1.54, 1.807) is 12.1 Å². The van der Waals surface area contributed by atoms with Gasteiger partial charge in [-0.15, -0.1) is 10.2 Å². The SMILES string of the molecule is CCNc1ccc(C(=O)NC2CCOC(C)(C)C2)nn1. The summed E-state index contributed by atoms with van der Waals surface area (Å²) in [6.07, 6.45) is 1.64. The summed E-state index contributed by atoms with van der Waals surface area (Å²) in [7, 11) is 0. The van der Waals surface area contributed by atoms with Gasteiger partial charge < -0.3 is 15.4 Å². The molecule has 1 unspecified atom stereocenters. The first-order valence-corrected chi connectivity index (χ1v) is 7.02. The van der Waals surface area contributed by atoms with Crippen LogP contribution in [-0.2, 0) is 4.74 Å². The van der Waals surface area contributed by atoms with Crippen molar-refractivity contribution in [2.45, 2.75) is 45.3 Å². The number of carbonyl (C=O) groups is 1. The minimum Gasteiger partial charge on any atom is -0.375 e. The molecule has 0 radical (unpaired) electrons. The maximum absolute atomic E-state index is 12.1. The van der Waals surface area contributed by atoms with Gasteiger partial charge in [0.15, 0.2) is 5.69 Å². The Bertz CT molecular complexity index is 459. The molecule has 1 aliphatic heterocycles. The lowest BCUT2D eigenvalue weighted by Crippen LogP contribution is -2.46. The molecule has 0 aromatic carbocycles. The zero-order chi connectivity index (χ0) is 14.6. The van der Waals surface area contributed by atoms with E-state index in [-0.39, 0.29) is 17.6 Å². The lowest BCUT2D eigenvalue weighted by Gasteiger charge is -2.35. The number of nitrogens with zero attached hydrogens (tertiary/aromatic N) is 2. The average Bonchev–Trinajstić information content (AvgIpc) is 2.38. The summed E-state index contributed by atoms with van der Waals surface area (Å²) < 4.78 is 5.64. The van der Waals surface area contributed by atoms with E-state index in [0.29, 0.717) is 18.1 Å². The second-order valence-corrected chi connectivity index (χ2v) is 5.61. The number of rotatable bonds is 4. The van der Waals surface area contributed by atoms with E-state index in [1.807, 2.05) is 20.8 Å². The quantitative estimate of drug-likeness (QED) is 0.875. The Balaban J connectivity index is 1.94. The molecule has 1 amide bonds. The zero-order valence-electron chi connectivity index (χ0n) is 12.3. The number of hydrogen-bond donors (Lipinski definition) is 2. The number of carbonyl (C=O) groups excluding carboxylic acids is 1. The first kappa shape index (κ1) is 14.7. The van der Waals surface area contributed by atoms with E-state index in [4.69, 9.17) is 4.74 Å². The highest BCUT2D eigenvalue weighted by Gasteiger charge is 2.30. The van der Waals surface area contributed by atoms with Crippen molar-refractivity contribution in [1.82, 2.24) is 15.5 Å². The fourth-order valence-corrected chi connectivity index (χ4v) is 2.34. The highest BCUT2D eigenvalue weighted by atomic mass is 16.5. The molecule has 1 aliphatic rings. The van der Waals surface area contributed by atoms with Gasteiger partial charge >= 0.3 is 0 Å². The van der Waals surface area contributed by atoms with E-state index in [0.717, 1.165) is 19.4 Å². The van der Waals surface area contributed by atoms with Crippen LogP contribution in [0.15, 0.2) is 12.1 Å². The summed E-state index contributed by atoms with van der Waals surface area (Å²) >= 11 is 0. The maximum Gasteiger partial charge on any atom is 0.272 e. The minimum atomic E-state index is -0.184. The van der Waals surface area contributed by atoms with Crippen LogP contribution in [-0.4, -0.2) is 40.9 Å². The lowest BCUT2D eigenvalue weighted by molar-refractivity contribution is -0.0615. The van der Waals surface area contributed by atoms with Crippen molar-refractivity contribution in [2.75, 3.05) is 18.5 Å². The minimum absolute atomic E-state index is 0.126. The van der Waals surface area contributed by atoms with Gasteiger partial charge in [0.2, 0.25) is 0 Å². The van der Waals surface area contributed by atoms with Gasteiger partial charge in [0.05, 0.1) is 5.60 Å². The molecule has 1 aromatic rings. The number of anilines is 1. The largest absolute Gasteiger partial charge is 0.375 e. The van der Waals surface area contributed by atoms with E-state index >= 15 is 0 Å². The zero-order valence-corrected chi connectivity index (χ0v) is 12.3.